The van der Waals surface area contributed by atoms with Gasteiger partial charge >= 0.3 is 0 Å². The van der Waals surface area contributed by atoms with Crippen LogP contribution in [0.25, 0.3) is 0 Å². The predicted octanol–water partition coefficient (Wildman–Crippen LogP) is 2.54. The standard InChI is InChI=1S/C12H12N2O2/c1-8-3-4-10(9(2)5-8)14-12(15)11-6-16-7-13-11/h3-7H,1-2H3,(H,14,15). The van der Waals surface area contributed by atoms with Gasteiger partial charge in [-0.05, 0) is 25.5 Å². The van der Waals surface area contributed by atoms with E-state index in [1.807, 2.05) is 32.0 Å². The second-order valence-electron chi connectivity index (χ2n) is 3.65. The number of nitrogens with zero attached hydrogens (tertiary/aromatic N) is 1. The Balaban J connectivity index is 2.18. The summed E-state index contributed by atoms with van der Waals surface area (Å²) in [6.45, 7) is 3.96. The minimum absolute atomic E-state index is 0.263. The molecule has 4 heteroatoms. The fourth-order valence-electron chi connectivity index (χ4n) is 1.46. The van der Waals surface area contributed by atoms with E-state index in [1.54, 1.807) is 0 Å². The van der Waals surface area contributed by atoms with Crippen molar-refractivity contribution in [3.05, 3.63) is 47.7 Å². The van der Waals surface area contributed by atoms with Crippen molar-refractivity contribution in [2.24, 2.45) is 0 Å². The number of anilines is 1. The van der Waals surface area contributed by atoms with Crippen molar-refractivity contribution in [2.75, 3.05) is 5.32 Å². The third kappa shape index (κ3) is 2.11. The van der Waals surface area contributed by atoms with E-state index in [4.69, 9.17) is 4.42 Å². The molecule has 0 saturated carbocycles. The van der Waals surface area contributed by atoms with E-state index in [9.17, 15) is 4.79 Å². The van der Waals surface area contributed by atoms with Crippen LogP contribution in [0.5, 0.6) is 0 Å². The zero-order valence-electron chi connectivity index (χ0n) is 9.15. The van der Waals surface area contributed by atoms with Crippen LogP contribution in [-0.4, -0.2) is 10.9 Å². The maximum atomic E-state index is 11.7. The molecular formula is C12H12N2O2. The SMILES string of the molecule is Cc1ccc(NC(=O)c2cocn2)c(C)c1. The highest BCUT2D eigenvalue weighted by atomic mass is 16.3. The molecule has 16 heavy (non-hydrogen) atoms. The molecule has 1 amide bonds. The first-order chi connectivity index (χ1) is 7.66. The van der Waals surface area contributed by atoms with Crippen LogP contribution >= 0.6 is 0 Å². The third-order valence-electron chi connectivity index (χ3n) is 2.30. The molecule has 0 aliphatic rings. The van der Waals surface area contributed by atoms with Gasteiger partial charge in [0, 0.05) is 5.69 Å². The number of benzene rings is 1. The van der Waals surface area contributed by atoms with Gasteiger partial charge in [-0.15, -0.1) is 0 Å². The second-order valence-corrected chi connectivity index (χ2v) is 3.65. The van der Waals surface area contributed by atoms with Crippen molar-refractivity contribution in [2.45, 2.75) is 13.8 Å². The Morgan fingerprint density at radius 1 is 1.38 bits per heavy atom. The van der Waals surface area contributed by atoms with Gasteiger partial charge in [-0.2, -0.15) is 0 Å². The lowest BCUT2D eigenvalue weighted by atomic mass is 10.1. The lowest BCUT2D eigenvalue weighted by molar-refractivity contribution is 0.102. The summed E-state index contributed by atoms with van der Waals surface area (Å²) < 4.78 is 4.75. The molecule has 0 aliphatic carbocycles. The number of hydrogen-bond acceptors (Lipinski definition) is 3. The lowest BCUT2D eigenvalue weighted by Crippen LogP contribution is -2.13. The van der Waals surface area contributed by atoms with E-state index in [1.165, 1.54) is 12.7 Å². The van der Waals surface area contributed by atoms with E-state index >= 15 is 0 Å². The molecule has 2 aromatic rings. The van der Waals surface area contributed by atoms with E-state index < -0.39 is 0 Å². The number of rotatable bonds is 2. The van der Waals surface area contributed by atoms with Crippen molar-refractivity contribution in [1.29, 1.82) is 0 Å². The first-order valence-corrected chi connectivity index (χ1v) is 4.93. The van der Waals surface area contributed by atoms with Gasteiger partial charge in [-0.3, -0.25) is 4.79 Å². The van der Waals surface area contributed by atoms with Gasteiger partial charge < -0.3 is 9.73 Å². The fraction of sp³-hybridized carbons (Fsp3) is 0.167. The van der Waals surface area contributed by atoms with Gasteiger partial charge in [0.05, 0.1) is 0 Å². The molecule has 0 unspecified atom stereocenters. The fourth-order valence-corrected chi connectivity index (χ4v) is 1.46. The Bertz CT molecular complexity index is 504. The van der Waals surface area contributed by atoms with E-state index in [-0.39, 0.29) is 11.6 Å². The van der Waals surface area contributed by atoms with Crippen molar-refractivity contribution < 1.29 is 9.21 Å². The van der Waals surface area contributed by atoms with Crippen molar-refractivity contribution in [1.82, 2.24) is 4.98 Å². The third-order valence-corrected chi connectivity index (χ3v) is 2.30. The van der Waals surface area contributed by atoms with Gasteiger partial charge in [-0.25, -0.2) is 4.98 Å². The first kappa shape index (κ1) is 10.4. The van der Waals surface area contributed by atoms with Crippen molar-refractivity contribution in [3.8, 4) is 0 Å². The summed E-state index contributed by atoms with van der Waals surface area (Å²) in [5, 5.41) is 2.78. The predicted molar refractivity (Wildman–Crippen MR) is 60.4 cm³/mol. The minimum atomic E-state index is -0.263. The Hall–Kier alpha value is -2.10. The zero-order valence-corrected chi connectivity index (χ0v) is 9.15. The number of aromatic nitrogens is 1. The molecule has 4 nitrogen and oxygen atoms in total. The summed E-state index contributed by atoms with van der Waals surface area (Å²) in [6.07, 6.45) is 2.55. The smallest absolute Gasteiger partial charge is 0.277 e. The highest BCUT2D eigenvalue weighted by Crippen LogP contribution is 2.16. The molecule has 0 saturated heterocycles. The molecule has 82 valence electrons. The molecule has 2 rings (SSSR count). The number of hydrogen-bond donors (Lipinski definition) is 1. The summed E-state index contributed by atoms with van der Waals surface area (Å²) in [5.74, 6) is -0.263. The van der Waals surface area contributed by atoms with Crippen LogP contribution in [0.1, 0.15) is 21.6 Å². The maximum absolute atomic E-state index is 11.7. The molecule has 1 aromatic heterocycles. The number of nitrogens with one attached hydrogen (secondary N) is 1. The number of amides is 1. The molecule has 0 aliphatic heterocycles. The summed E-state index contributed by atoms with van der Waals surface area (Å²) in [6, 6.07) is 5.84. The molecule has 0 spiro atoms. The van der Waals surface area contributed by atoms with Crippen molar-refractivity contribution >= 4 is 11.6 Å². The Morgan fingerprint density at radius 2 is 2.19 bits per heavy atom. The van der Waals surface area contributed by atoms with Gasteiger partial charge in [0.2, 0.25) is 0 Å². The molecule has 0 radical (unpaired) electrons. The lowest BCUT2D eigenvalue weighted by Gasteiger charge is -2.07. The van der Waals surface area contributed by atoms with Gasteiger partial charge in [0.15, 0.2) is 12.1 Å². The second kappa shape index (κ2) is 4.18. The van der Waals surface area contributed by atoms with Gasteiger partial charge in [0.1, 0.15) is 6.26 Å². The van der Waals surface area contributed by atoms with Crippen LogP contribution in [0, 0.1) is 13.8 Å². The maximum Gasteiger partial charge on any atom is 0.277 e. The van der Waals surface area contributed by atoms with E-state index in [0.29, 0.717) is 0 Å². The molecule has 1 N–H and O–H groups in total. The average molecular weight is 216 g/mol. The topological polar surface area (TPSA) is 55.1 Å². The highest BCUT2D eigenvalue weighted by molar-refractivity contribution is 6.02. The molecule has 1 aromatic carbocycles. The summed E-state index contributed by atoms with van der Waals surface area (Å²) in [7, 11) is 0. The Morgan fingerprint density at radius 3 is 2.81 bits per heavy atom. The van der Waals surface area contributed by atoms with E-state index in [0.717, 1.165) is 16.8 Å². The van der Waals surface area contributed by atoms with Crippen LogP contribution in [0.15, 0.2) is 35.3 Å². The van der Waals surface area contributed by atoms with Crippen LogP contribution in [0.4, 0.5) is 5.69 Å². The molecule has 0 atom stereocenters. The summed E-state index contributed by atoms with van der Waals surface area (Å²) in [4.78, 5) is 15.5. The number of carbonyl (C=O) groups is 1. The van der Waals surface area contributed by atoms with Crippen LogP contribution < -0.4 is 5.32 Å². The summed E-state index contributed by atoms with van der Waals surface area (Å²) in [5.41, 5.74) is 3.26. The number of oxazole rings is 1. The molecular weight excluding hydrogens is 204 g/mol. The minimum Gasteiger partial charge on any atom is -0.451 e. The van der Waals surface area contributed by atoms with Crippen LogP contribution in [0.2, 0.25) is 0 Å². The average Bonchev–Trinajstić information content (AvgIpc) is 2.75. The number of aryl methyl sites for hydroxylation is 2. The monoisotopic (exact) mass is 216 g/mol. The van der Waals surface area contributed by atoms with Crippen LogP contribution in [0.3, 0.4) is 0 Å². The van der Waals surface area contributed by atoms with Gasteiger partial charge in [0.25, 0.3) is 5.91 Å². The first-order valence-electron chi connectivity index (χ1n) is 4.93. The normalized spacial score (nSPS) is 10.1. The van der Waals surface area contributed by atoms with Gasteiger partial charge in [-0.1, -0.05) is 17.7 Å². The molecule has 1 heterocycles. The summed E-state index contributed by atoms with van der Waals surface area (Å²) >= 11 is 0. The van der Waals surface area contributed by atoms with Crippen LogP contribution in [-0.2, 0) is 0 Å². The molecule has 0 fully saturated rings. The zero-order chi connectivity index (χ0) is 11.5. The Kier molecular flexibility index (Phi) is 2.72. The Labute approximate surface area is 93.3 Å². The quantitative estimate of drug-likeness (QED) is 0.839. The molecule has 0 bridgehead atoms. The largest absolute Gasteiger partial charge is 0.451 e. The number of carbonyl (C=O) groups excluding carboxylic acids is 1. The van der Waals surface area contributed by atoms with Crippen molar-refractivity contribution in [3.63, 3.8) is 0 Å². The highest BCUT2D eigenvalue weighted by Gasteiger charge is 2.09. The van der Waals surface area contributed by atoms with E-state index in [2.05, 4.69) is 10.3 Å².